The average Bonchev–Trinajstić information content (AvgIpc) is 3.20. The van der Waals surface area contributed by atoms with Crippen LogP contribution in [0.2, 0.25) is 0 Å². The van der Waals surface area contributed by atoms with Gasteiger partial charge < -0.3 is 9.80 Å². The van der Waals surface area contributed by atoms with Crippen LogP contribution in [-0.2, 0) is 0 Å². The standard InChI is InChI=1S/C52H38N2/c1-29(37-17-15-35-11-7-9-13-39(35)27-37)53-31(3)41-19-23-45-47-25-21-43-33(5)54(30(2)38-18-16-36-12-8-10-14-40(36)28-38)34(6)44-22-26-48(52(47)50(43)44)46-24-20-42(32(53)4)49(41)51(45)46/h7-30H,3-6H2,1-2H3. The lowest BCUT2D eigenvalue weighted by molar-refractivity contribution is 0.443. The molecule has 11 rings (SSSR count). The minimum Gasteiger partial charge on any atom is -0.334 e. The highest BCUT2D eigenvalue weighted by Crippen LogP contribution is 2.53. The molecule has 2 heteroatoms. The molecule has 0 spiro atoms. The number of rotatable bonds is 4. The highest BCUT2D eigenvalue weighted by Gasteiger charge is 2.33. The lowest BCUT2D eigenvalue weighted by atomic mass is 9.80. The zero-order valence-electron chi connectivity index (χ0n) is 30.6. The van der Waals surface area contributed by atoms with Crippen molar-refractivity contribution in [1.29, 1.82) is 0 Å². The third-order valence-corrected chi connectivity index (χ3v) is 12.6. The van der Waals surface area contributed by atoms with Crippen LogP contribution in [0.5, 0.6) is 0 Å². The van der Waals surface area contributed by atoms with Crippen LogP contribution in [-0.4, -0.2) is 9.80 Å². The Balaban J connectivity index is 1.05. The summed E-state index contributed by atoms with van der Waals surface area (Å²) in [6.45, 7) is 23.4. The molecule has 0 saturated heterocycles. The van der Waals surface area contributed by atoms with Crippen LogP contribution in [0.25, 0.3) is 87.4 Å². The van der Waals surface area contributed by atoms with Gasteiger partial charge in [0.2, 0.25) is 0 Å². The van der Waals surface area contributed by atoms with Crippen LogP contribution in [0.4, 0.5) is 0 Å². The molecule has 0 saturated carbocycles. The third-order valence-electron chi connectivity index (χ3n) is 12.6. The van der Waals surface area contributed by atoms with Gasteiger partial charge >= 0.3 is 0 Å². The van der Waals surface area contributed by atoms with Gasteiger partial charge in [0.25, 0.3) is 0 Å². The van der Waals surface area contributed by atoms with E-state index in [2.05, 4.69) is 157 Å². The van der Waals surface area contributed by atoms with Crippen LogP contribution in [0, 0.1) is 0 Å². The first kappa shape index (κ1) is 30.9. The molecule has 256 valence electrons. The molecule has 0 bridgehead atoms. The SMILES string of the molecule is C=C1c2ccc3c4ccc5c6c(ccc(c7ccc(c2c37)C(=C)N1C(C)c1ccc2ccccc2c1)c64)C(=C)N(C(C)c1ccc2ccccc2c1)C5=C. The number of fused-ring (bicyclic) bond motifs is 4. The second-order valence-corrected chi connectivity index (χ2v) is 15.2. The summed E-state index contributed by atoms with van der Waals surface area (Å²) in [7, 11) is 0. The minimum atomic E-state index is 0.0617. The molecule has 0 radical (unpaired) electrons. The molecule has 2 atom stereocenters. The second-order valence-electron chi connectivity index (χ2n) is 15.2. The van der Waals surface area contributed by atoms with Gasteiger partial charge in [-0.3, -0.25) is 0 Å². The maximum absolute atomic E-state index is 4.72. The molecule has 0 amide bonds. The summed E-state index contributed by atoms with van der Waals surface area (Å²) in [6, 6.07) is 49.1. The molecule has 0 N–H and O–H groups in total. The maximum atomic E-state index is 4.72. The minimum absolute atomic E-state index is 0.0617. The average molecular weight is 691 g/mol. The van der Waals surface area contributed by atoms with Gasteiger partial charge in [-0.25, -0.2) is 0 Å². The second kappa shape index (κ2) is 10.9. The van der Waals surface area contributed by atoms with Crippen molar-refractivity contribution in [2.45, 2.75) is 25.9 Å². The first-order valence-corrected chi connectivity index (χ1v) is 18.8. The van der Waals surface area contributed by atoms with Gasteiger partial charge in [0.15, 0.2) is 0 Å². The van der Waals surface area contributed by atoms with Gasteiger partial charge in [0.1, 0.15) is 0 Å². The first-order valence-electron chi connectivity index (χ1n) is 18.8. The predicted molar refractivity (Wildman–Crippen MR) is 232 cm³/mol. The lowest BCUT2D eigenvalue weighted by Crippen LogP contribution is -2.27. The van der Waals surface area contributed by atoms with Crippen LogP contribution in [0.3, 0.4) is 0 Å². The highest BCUT2D eigenvalue weighted by molar-refractivity contribution is 6.36. The van der Waals surface area contributed by atoms with Crippen molar-refractivity contribution >= 4 is 87.4 Å². The largest absolute Gasteiger partial charge is 0.334 e. The molecule has 54 heavy (non-hydrogen) atoms. The summed E-state index contributed by atoms with van der Waals surface area (Å²) in [6.07, 6.45) is 0. The van der Waals surface area contributed by atoms with Crippen molar-refractivity contribution in [3.8, 4) is 0 Å². The Morgan fingerprint density at radius 3 is 1.00 bits per heavy atom. The van der Waals surface area contributed by atoms with Gasteiger partial charge in [-0.2, -0.15) is 0 Å². The fourth-order valence-electron chi connectivity index (χ4n) is 9.86. The molecule has 2 aliphatic heterocycles. The molecule has 2 nitrogen and oxygen atoms in total. The Bertz CT molecular complexity index is 2840. The Morgan fingerprint density at radius 2 is 0.667 bits per heavy atom. The Kier molecular flexibility index (Phi) is 6.27. The summed E-state index contributed by atoms with van der Waals surface area (Å²) < 4.78 is 0. The predicted octanol–water partition coefficient (Wildman–Crippen LogP) is 14.1. The fraction of sp³-hybridized carbons (Fsp3) is 0.0769. The number of nitrogens with zero attached hydrogens (tertiary/aromatic N) is 2. The van der Waals surface area contributed by atoms with E-state index in [0.717, 1.165) is 22.8 Å². The molecule has 2 aliphatic rings. The summed E-state index contributed by atoms with van der Waals surface area (Å²) in [5, 5.41) is 15.0. The topological polar surface area (TPSA) is 6.48 Å². The van der Waals surface area contributed by atoms with Gasteiger partial charge in [-0.05, 0) is 91.0 Å². The molecule has 9 aromatic carbocycles. The van der Waals surface area contributed by atoms with E-state index < -0.39 is 0 Å². The quantitative estimate of drug-likeness (QED) is 0.134. The van der Waals surface area contributed by atoms with E-state index in [1.54, 1.807) is 0 Å². The summed E-state index contributed by atoms with van der Waals surface area (Å²) in [5.74, 6) is 0. The summed E-state index contributed by atoms with van der Waals surface area (Å²) in [5.41, 5.74) is 11.1. The number of hydrogen-bond acceptors (Lipinski definition) is 2. The van der Waals surface area contributed by atoms with Crippen LogP contribution in [0.1, 0.15) is 59.3 Å². The Hall–Kier alpha value is -6.64. The Labute approximate surface area is 315 Å². The zero-order valence-corrected chi connectivity index (χ0v) is 30.6. The van der Waals surface area contributed by atoms with Crippen molar-refractivity contribution in [2.24, 2.45) is 0 Å². The van der Waals surface area contributed by atoms with E-state index >= 15 is 0 Å². The lowest BCUT2D eigenvalue weighted by Gasteiger charge is -2.40. The van der Waals surface area contributed by atoms with E-state index in [1.165, 1.54) is 98.0 Å². The smallest absolute Gasteiger partial charge is 0.0563 e. The highest BCUT2D eigenvalue weighted by atomic mass is 15.2. The maximum Gasteiger partial charge on any atom is 0.0563 e. The van der Waals surface area contributed by atoms with E-state index in [-0.39, 0.29) is 12.1 Å². The van der Waals surface area contributed by atoms with Crippen molar-refractivity contribution in [3.63, 3.8) is 0 Å². The van der Waals surface area contributed by atoms with E-state index in [1.807, 2.05) is 0 Å². The van der Waals surface area contributed by atoms with Crippen molar-refractivity contribution in [1.82, 2.24) is 9.80 Å². The molecular formula is C52H38N2. The Morgan fingerprint density at radius 1 is 0.352 bits per heavy atom. The molecule has 0 aromatic heterocycles. The molecule has 2 unspecified atom stereocenters. The fourth-order valence-corrected chi connectivity index (χ4v) is 9.86. The summed E-state index contributed by atoms with van der Waals surface area (Å²) in [4.78, 5) is 4.65. The van der Waals surface area contributed by atoms with Crippen molar-refractivity contribution in [3.05, 3.63) is 193 Å². The first-order chi connectivity index (χ1) is 26.3. The molecule has 0 fully saturated rings. The summed E-state index contributed by atoms with van der Waals surface area (Å²) >= 11 is 0. The zero-order chi connectivity index (χ0) is 36.6. The number of hydrogen-bond donors (Lipinski definition) is 0. The van der Waals surface area contributed by atoms with Crippen molar-refractivity contribution < 1.29 is 0 Å². The van der Waals surface area contributed by atoms with E-state index in [0.29, 0.717) is 0 Å². The molecule has 2 heterocycles. The normalized spacial score (nSPS) is 15.5. The molecule has 0 aliphatic carbocycles. The van der Waals surface area contributed by atoms with E-state index in [9.17, 15) is 0 Å². The number of benzene rings is 9. The van der Waals surface area contributed by atoms with Gasteiger partial charge in [0, 0.05) is 55.8 Å². The monoisotopic (exact) mass is 690 g/mol. The van der Waals surface area contributed by atoms with Crippen LogP contribution in [0.15, 0.2) is 160 Å². The van der Waals surface area contributed by atoms with Crippen LogP contribution >= 0.6 is 0 Å². The molecule has 9 aromatic rings. The van der Waals surface area contributed by atoms with E-state index in [4.69, 9.17) is 26.3 Å². The van der Waals surface area contributed by atoms with Gasteiger partial charge in [0.05, 0.1) is 12.1 Å². The van der Waals surface area contributed by atoms with Crippen LogP contribution < -0.4 is 0 Å². The van der Waals surface area contributed by atoms with Gasteiger partial charge in [-0.15, -0.1) is 0 Å². The third kappa shape index (κ3) is 4.00. The van der Waals surface area contributed by atoms with Crippen molar-refractivity contribution in [2.75, 3.05) is 0 Å². The van der Waals surface area contributed by atoms with Gasteiger partial charge in [-0.1, -0.05) is 148 Å². The molecular weight excluding hydrogens is 653 g/mol.